The lowest BCUT2D eigenvalue weighted by Crippen LogP contribution is -2.34. The smallest absolute Gasteiger partial charge is 0.291 e. The molecule has 15 nitrogen and oxygen atoms in total. The van der Waals surface area contributed by atoms with Crippen LogP contribution < -0.4 is 4.74 Å². The number of benzene rings is 2. The van der Waals surface area contributed by atoms with Gasteiger partial charge in [-0.05, 0) is 50.2 Å². The van der Waals surface area contributed by atoms with Crippen molar-refractivity contribution in [2.45, 2.75) is 38.3 Å². The average Bonchev–Trinajstić information content (AvgIpc) is 3.69. The van der Waals surface area contributed by atoms with Gasteiger partial charge >= 0.3 is 0 Å². The first-order valence-electron chi connectivity index (χ1n) is 12.5. The Morgan fingerprint density at radius 3 is 2.35 bits per heavy atom. The minimum Gasteiger partial charge on any atom is -0.491 e. The third-order valence-corrected chi connectivity index (χ3v) is 6.51. The van der Waals surface area contributed by atoms with Crippen LogP contribution in [0.4, 0.5) is 0 Å². The fourth-order valence-corrected chi connectivity index (χ4v) is 4.78. The molecule has 43 heavy (non-hydrogen) atoms. The van der Waals surface area contributed by atoms with Crippen molar-refractivity contribution < 1.29 is 34.8 Å². The lowest BCUT2D eigenvalue weighted by molar-refractivity contribution is -0.742. The number of nitrogens with zero attached hydrogens (tertiary/aromatic N) is 6. The van der Waals surface area contributed by atoms with E-state index in [0.29, 0.717) is 41.4 Å². The van der Waals surface area contributed by atoms with Gasteiger partial charge in [-0.3, -0.25) is 0 Å². The Morgan fingerprint density at radius 2 is 1.77 bits per heavy atom. The van der Waals surface area contributed by atoms with Gasteiger partial charge in [0.25, 0.3) is 10.2 Å². The molecule has 0 saturated carbocycles. The van der Waals surface area contributed by atoms with Crippen LogP contribution in [0.15, 0.2) is 73.7 Å². The van der Waals surface area contributed by atoms with Gasteiger partial charge in [0.05, 0.1) is 42.7 Å². The molecule has 5 rings (SSSR count). The summed E-state index contributed by atoms with van der Waals surface area (Å²) in [5, 5.41) is 28.3. The van der Waals surface area contributed by atoms with Gasteiger partial charge in [-0.2, -0.15) is 0 Å². The van der Waals surface area contributed by atoms with Crippen LogP contribution in [0.2, 0.25) is 10.0 Å². The number of ether oxygens (including phenoxy) is 3. The van der Waals surface area contributed by atoms with Gasteiger partial charge in [-0.25, -0.2) is 9.97 Å². The standard InChI is InChI=1S/C26H26Cl2N4O3.2HNO3/c1-18(2)32-17-30-12-25(32)19-3-6-21(7-4-19)33-13-22-14-34-26(35-22,15-31-10-9-29-16-31)23-8-5-20(27)11-24(23)28;2*2-1(3)4/h3-12,16-18,22H,13-15H2,1-2H3;2*(H,2,3,4)/t22-,26-;;/m1../s1. The summed E-state index contributed by atoms with van der Waals surface area (Å²) in [6, 6.07) is 13.6. The highest BCUT2D eigenvalue weighted by molar-refractivity contribution is 6.35. The predicted molar refractivity (Wildman–Crippen MR) is 152 cm³/mol. The second-order valence-electron chi connectivity index (χ2n) is 9.25. The van der Waals surface area contributed by atoms with Gasteiger partial charge in [0.15, 0.2) is 0 Å². The fraction of sp³-hybridized carbons (Fsp3) is 0.308. The van der Waals surface area contributed by atoms with Crippen LogP contribution in [0.1, 0.15) is 25.5 Å². The van der Waals surface area contributed by atoms with Crippen LogP contribution in [0.3, 0.4) is 0 Å². The highest BCUT2D eigenvalue weighted by atomic mass is 35.5. The monoisotopic (exact) mass is 638 g/mol. The number of hydrogen-bond acceptors (Lipinski definition) is 9. The van der Waals surface area contributed by atoms with Crippen molar-refractivity contribution >= 4 is 23.2 Å². The highest BCUT2D eigenvalue weighted by Gasteiger charge is 2.45. The molecule has 2 aromatic carbocycles. The van der Waals surface area contributed by atoms with E-state index in [1.165, 1.54) is 0 Å². The topological polar surface area (TPSA) is 190 Å². The van der Waals surface area contributed by atoms with E-state index in [1.54, 1.807) is 24.7 Å². The maximum absolute atomic E-state index is 8.36. The van der Waals surface area contributed by atoms with Gasteiger partial charge < -0.3 is 33.8 Å². The van der Waals surface area contributed by atoms with E-state index >= 15 is 0 Å². The first-order chi connectivity index (χ1) is 20.4. The molecule has 0 radical (unpaired) electrons. The van der Waals surface area contributed by atoms with Crippen LogP contribution in [-0.2, 0) is 21.8 Å². The van der Waals surface area contributed by atoms with E-state index < -0.39 is 16.0 Å². The Balaban J connectivity index is 0.000000566. The molecule has 3 heterocycles. The molecule has 0 unspecified atom stereocenters. The minimum atomic E-state index is -1.50. The van der Waals surface area contributed by atoms with Crippen LogP contribution in [0.25, 0.3) is 11.3 Å². The maximum atomic E-state index is 8.36. The van der Waals surface area contributed by atoms with Crippen molar-refractivity contribution in [2.75, 3.05) is 13.2 Å². The molecule has 1 aliphatic rings. The molecule has 230 valence electrons. The highest BCUT2D eigenvalue weighted by Crippen LogP contribution is 2.40. The SMILES string of the molecule is CC(C)n1cncc1-c1ccc(OC[C@@H]2CO[C@@](Cn3ccnc3)(c3ccc(Cl)cc3Cl)O2)cc1.O=[N+]([O-])O.O=[N+]([O-])O. The molecule has 1 fully saturated rings. The molecule has 4 aromatic rings. The number of halogens is 2. The summed E-state index contributed by atoms with van der Waals surface area (Å²) >= 11 is 12.7. The van der Waals surface area contributed by atoms with E-state index in [9.17, 15) is 0 Å². The largest absolute Gasteiger partial charge is 0.491 e. The zero-order chi connectivity index (χ0) is 31.6. The number of hydrogen-bond donors (Lipinski definition) is 2. The fourth-order valence-electron chi connectivity index (χ4n) is 4.23. The Hall–Kier alpha value is -4.44. The van der Waals surface area contributed by atoms with E-state index in [0.717, 1.165) is 17.0 Å². The summed E-state index contributed by atoms with van der Waals surface area (Å²) in [7, 11) is 0. The molecule has 17 heteroatoms. The normalized spacial score (nSPS) is 17.4. The molecular weight excluding hydrogens is 611 g/mol. The Labute approximate surface area is 255 Å². The molecule has 0 amide bonds. The van der Waals surface area contributed by atoms with E-state index in [2.05, 4.69) is 28.4 Å². The first-order valence-corrected chi connectivity index (χ1v) is 13.3. The summed E-state index contributed by atoms with van der Waals surface area (Å²) in [4.78, 5) is 25.1. The summed E-state index contributed by atoms with van der Waals surface area (Å²) in [6.45, 7) is 5.36. The van der Waals surface area contributed by atoms with Crippen molar-refractivity contribution in [3.63, 3.8) is 0 Å². The van der Waals surface area contributed by atoms with E-state index in [1.807, 2.05) is 53.6 Å². The third-order valence-electron chi connectivity index (χ3n) is 5.96. The average molecular weight is 639 g/mol. The van der Waals surface area contributed by atoms with Crippen molar-refractivity contribution in [2.24, 2.45) is 0 Å². The molecule has 1 aliphatic heterocycles. The Bertz CT molecular complexity index is 1460. The lowest BCUT2D eigenvalue weighted by atomic mass is 10.1. The van der Waals surface area contributed by atoms with Crippen molar-refractivity contribution in [1.29, 1.82) is 0 Å². The van der Waals surface area contributed by atoms with E-state index in [-0.39, 0.29) is 6.10 Å². The van der Waals surface area contributed by atoms with Crippen molar-refractivity contribution in [3.8, 4) is 17.0 Å². The second kappa shape index (κ2) is 15.2. The van der Waals surface area contributed by atoms with E-state index in [4.69, 9.17) is 68.1 Å². The molecule has 2 atom stereocenters. The third kappa shape index (κ3) is 9.54. The molecule has 0 aliphatic carbocycles. The van der Waals surface area contributed by atoms with Crippen LogP contribution in [0, 0.1) is 20.2 Å². The Kier molecular flexibility index (Phi) is 11.7. The quantitative estimate of drug-likeness (QED) is 0.188. The van der Waals surface area contributed by atoms with Crippen LogP contribution in [-0.4, -0.2) is 59.0 Å². The molecule has 0 spiro atoms. The summed E-state index contributed by atoms with van der Waals surface area (Å²) < 4.78 is 22.8. The number of imidazole rings is 2. The predicted octanol–water partition coefficient (Wildman–Crippen LogP) is 5.29. The maximum Gasteiger partial charge on any atom is 0.291 e. The molecule has 0 bridgehead atoms. The zero-order valence-electron chi connectivity index (χ0n) is 22.9. The number of aromatic nitrogens is 4. The van der Waals surface area contributed by atoms with Gasteiger partial charge in [0, 0.05) is 34.6 Å². The van der Waals surface area contributed by atoms with Gasteiger partial charge in [0.2, 0.25) is 5.79 Å². The summed E-state index contributed by atoms with van der Waals surface area (Å²) in [5.74, 6) is -0.320. The first kappa shape index (κ1) is 33.1. The van der Waals surface area contributed by atoms with Crippen molar-refractivity contribution in [3.05, 3.63) is 110 Å². The number of rotatable bonds is 8. The Morgan fingerprint density at radius 1 is 1.09 bits per heavy atom. The zero-order valence-corrected chi connectivity index (χ0v) is 24.4. The van der Waals surface area contributed by atoms with Crippen LogP contribution >= 0.6 is 23.2 Å². The van der Waals surface area contributed by atoms with Crippen molar-refractivity contribution in [1.82, 2.24) is 19.1 Å². The molecule has 1 saturated heterocycles. The molecular formula is C26H28Cl2N6O9. The lowest BCUT2D eigenvalue weighted by Gasteiger charge is -2.30. The molecule has 2 N–H and O–H groups in total. The summed E-state index contributed by atoms with van der Waals surface area (Å²) in [6.07, 6.45) is 8.73. The second-order valence-corrected chi connectivity index (χ2v) is 10.1. The van der Waals surface area contributed by atoms with Gasteiger partial charge in [-0.1, -0.05) is 29.3 Å². The van der Waals surface area contributed by atoms with Crippen LogP contribution in [0.5, 0.6) is 5.75 Å². The minimum absolute atomic E-state index is 0.285. The molecule has 2 aromatic heterocycles. The summed E-state index contributed by atoms with van der Waals surface area (Å²) in [5.41, 5.74) is 2.87. The van der Waals surface area contributed by atoms with Gasteiger partial charge in [-0.15, -0.1) is 20.2 Å². The van der Waals surface area contributed by atoms with Gasteiger partial charge in [0.1, 0.15) is 18.5 Å².